The Morgan fingerprint density at radius 1 is 1.11 bits per heavy atom. The van der Waals surface area contributed by atoms with Crippen molar-refractivity contribution < 1.29 is 19.1 Å². The lowest BCUT2D eigenvalue weighted by atomic mass is 10.1. The summed E-state index contributed by atoms with van der Waals surface area (Å²) in [5, 5.41) is 7.08. The second kappa shape index (κ2) is 10.1. The number of esters is 2. The molecule has 6 nitrogen and oxygen atoms in total. The van der Waals surface area contributed by atoms with E-state index in [0.29, 0.717) is 31.2 Å². The smallest absolute Gasteiger partial charge is 0.348 e. The van der Waals surface area contributed by atoms with Crippen LogP contribution in [-0.2, 0) is 9.47 Å². The number of benzene rings is 1. The second-order valence-electron chi connectivity index (χ2n) is 5.38. The zero-order chi connectivity index (χ0) is 20.8. The van der Waals surface area contributed by atoms with Crippen molar-refractivity contribution in [1.82, 2.24) is 0 Å². The van der Waals surface area contributed by atoms with Crippen LogP contribution in [0.3, 0.4) is 0 Å². The normalized spacial score (nSPS) is 10.3. The van der Waals surface area contributed by atoms with E-state index in [1.165, 1.54) is 0 Å². The van der Waals surface area contributed by atoms with Gasteiger partial charge in [0.25, 0.3) is 0 Å². The van der Waals surface area contributed by atoms with Crippen LogP contribution >= 0.6 is 46.8 Å². The highest BCUT2D eigenvalue weighted by atomic mass is 35.5. The van der Waals surface area contributed by atoms with Crippen LogP contribution in [0.15, 0.2) is 18.2 Å². The van der Waals surface area contributed by atoms with E-state index in [4.69, 9.17) is 44.9 Å². The molecule has 0 saturated heterocycles. The summed E-state index contributed by atoms with van der Waals surface area (Å²) in [4.78, 5) is 24.9. The summed E-state index contributed by atoms with van der Waals surface area (Å²) >= 11 is 18.5. The van der Waals surface area contributed by atoms with Crippen LogP contribution < -0.4 is 10.6 Å². The molecule has 0 aliphatic heterocycles. The molecule has 150 valence electrons. The van der Waals surface area contributed by atoms with Crippen LogP contribution in [0.25, 0.3) is 0 Å². The summed E-state index contributed by atoms with van der Waals surface area (Å²) in [7, 11) is 0. The number of thiocarbonyl (C=S) groups is 1. The van der Waals surface area contributed by atoms with Gasteiger partial charge in [0.05, 0.1) is 34.5 Å². The molecule has 0 fully saturated rings. The van der Waals surface area contributed by atoms with E-state index in [1.54, 1.807) is 39.0 Å². The van der Waals surface area contributed by atoms with E-state index in [-0.39, 0.29) is 23.9 Å². The molecule has 0 atom stereocenters. The first-order valence-corrected chi connectivity index (χ1v) is 10.3. The standard InChI is InChI=1S/C18H18Cl2N2O4S2/c1-4-25-16(23)12-9(3)14(17(24)26-5-2)28-15(12)22-18(27)21-11-8-6-7-10(19)13(11)20/h6-8H,4-5H2,1-3H3,(H2,21,22,27). The van der Waals surface area contributed by atoms with Gasteiger partial charge in [0.1, 0.15) is 9.88 Å². The number of nitrogens with one attached hydrogen (secondary N) is 2. The van der Waals surface area contributed by atoms with Crippen molar-refractivity contribution >= 4 is 74.5 Å². The molecule has 0 unspecified atom stereocenters. The van der Waals surface area contributed by atoms with Crippen molar-refractivity contribution in [2.75, 3.05) is 23.8 Å². The molecule has 10 heteroatoms. The summed E-state index contributed by atoms with van der Waals surface area (Å²) in [5.74, 6) is -1.07. The molecule has 0 bridgehead atoms. The van der Waals surface area contributed by atoms with Gasteiger partial charge in [-0.3, -0.25) is 0 Å². The average molecular weight is 461 g/mol. The molecule has 0 spiro atoms. The highest BCUT2D eigenvalue weighted by molar-refractivity contribution is 7.80. The van der Waals surface area contributed by atoms with Crippen molar-refractivity contribution in [2.45, 2.75) is 20.8 Å². The Bertz CT molecular complexity index is 915. The molecule has 0 aliphatic carbocycles. The minimum absolute atomic E-state index is 0.173. The molecule has 1 aromatic heterocycles. The zero-order valence-corrected chi connectivity index (χ0v) is 18.5. The highest BCUT2D eigenvalue weighted by Gasteiger charge is 2.27. The van der Waals surface area contributed by atoms with E-state index in [9.17, 15) is 9.59 Å². The summed E-state index contributed by atoms with van der Waals surface area (Å²) in [6.07, 6.45) is 0. The monoisotopic (exact) mass is 460 g/mol. The number of rotatable bonds is 6. The zero-order valence-electron chi connectivity index (χ0n) is 15.4. The first-order valence-electron chi connectivity index (χ1n) is 8.29. The van der Waals surface area contributed by atoms with Crippen LogP contribution in [0.1, 0.15) is 39.4 Å². The summed E-state index contributed by atoms with van der Waals surface area (Å²) in [6, 6.07) is 5.08. The fourth-order valence-corrected chi connectivity index (χ4v) is 4.02. The minimum atomic E-state index is -0.558. The molecule has 1 heterocycles. The number of hydrogen-bond donors (Lipinski definition) is 2. The van der Waals surface area contributed by atoms with E-state index in [2.05, 4.69) is 10.6 Å². The van der Waals surface area contributed by atoms with Gasteiger partial charge < -0.3 is 20.1 Å². The molecule has 2 rings (SSSR count). The van der Waals surface area contributed by atoms with Gasteiger partial charge in [-0.05, 0) is 50.7 Å². The Morgan fingerprint density at radius 2 is 1.75 bits per heavy atom. The van der Waals surface area contributed by atoms with Crippen LogP contribution in [0.4, 0.5) is 10.7 Å². The van der Waals surface area contributed by atoms with Gasteiger partial charge in [0.2, 0.25) is 0 Å². The predicted molar refractivity (Wildman–Crippen MR) is 117 cm³/mol. The van der Waals surface area contributed by atoms with Crippen LogP contribution in [0.2, 0.25) is 10.0 Å². The summed E-state index contributed by atoms with van der Waals surface area (Å²) < 4.78 is 10.2. The third-order valence-electron chi connectivity index (χ3n) is 3.51. The van der Waals surface area contributed by atoms with Crippen molar-refractivity contribution in [3.05, 3.63) is 44.2 Å². The van der Waals surface area contributed by atoms with Crippen molar-refractivity contribution in [1.29, 1.82) is 0 Å². The topological polar surface area (TPSA) is 76.7 Å². The molecule has 0 amide bonds. The van der Waals surface area contributed by atoms with Gasteiger partial charge in [-0.2, -0.15) is 0 Å². The van der Waals surface area contributed by atoms with Gasteiger partial charge in [-0.1, -0.05) is 29.3 Å². The molecule has 0 aliphatic rings. The second-order valence-corrected chi connectivity index (χ2v) is 7.60. The number of ether oxygens (including phenoxy) is 2. The maximum Gasteiger partial charge on any atom is 0.348 e. The Morgan fingerprint density at radius 3 is 2.39 bits per heavy atom. The Balaban J connectivity index is 2.33. The van der Waals surface area contributed by atoms with Crippen LogP contribution in [0, 0.1) is 6.92 Å². The van der Waals surface area contributed by atoms with Gasteiger partial charge >= 0.3 is 11.9 Å². The molecule has 2 N–H and O–H groups in total. The van der Waals surface area contributed by atoms with Gasteiger partial charge in [0.15, 0.2) is 5.11 Å². The van der Waals surface area contributed by atoms with E-state index in [0.717, 1.165) is 11.3 Å². The number of carbonyl (C=O) groups excluding carboxylic acids is 2. The first-order chi connectivity index (χ1) is 13.3. The third kappa shape index (κ3) is 5.14. The molecule has 0 saturated carbocycles. The fraction of sp³-hybridized carbons (Fsp3) is 0.278. The highest BCUT2D eigenvalue weighted by Crippen LogP contribution is 2.35. The minimum Gasteiger partial charge on any atom is -0.462 e. The van der Waals surface area contributed by atoms with Crippen molar-refractivity contribution in [3.63, 3.8) is 0 Å². The number of thiophene rings is 1. The molecular weight excluding hydrogens is 443 g/mol. The summed E-state index contributed by atoms with van der Waals surface area (Å²) in [5.41, 5.74) is 1.20. The SMILES string of the molecule is CCOC(=O)c1sc(NC(=S)Nc2cccc(Cl)c2Cl)c(C(=O)OCC)c1C. The van der Waals surface area contributed by atoms with Gasteiger partial charge in [-0.15, -0.1) is 11.3 Å². The quantitative estimate of drug-likeness (QED) is 0.433. The Kier molecular flexibility index (Phi) is 8.06. The molecular formula is C18H18Cl2N2O4S2. The van der Waals surface area contributed by atoms with E-state index in [1.807, 2.05) is 0 Å². The maximum atomic E-state index is 12.4. The maximum absolute atomic E-state index is 12.4. The molecule has 28 heavy (non-hydrogen) atoms. The predicted octanol–water partition coefficient (Wildman–Crippen LogP) is 5.53. The van der Waals surface area contributed by atoms with Crippen molar-refractivity contribution in [2.24, 2.45) is 0 Å². The number of hydrogen-bond acceptors (Lipinski definition) is 6. The van der Waals surface area contributed by atoms with Crippen LogP contribution in [-0.4, -0.2) is 30.3 Å². The number of halogens is 2. The first kappa shape index (κ1) is 22.4. The average Bonchev–Trinajstić information content (AvgIpc) is 2.95. The molecule has 2 aromatic rings. The largest absolute Gasteiger partial charge is 0.462 e. The lowest BCUT2D eigenvalue weighted by Crippen LogP contribution is -2.20. The van der Waals surface area contributed by atoms with Gasteiger partial charge in [-0.25, -0.2) is 9.59 Å². The van der Waals surface area contributed by atoms with Crippen LogP contribution in [0.5, 0.6) is 0 Å². The number of anilines is 2. The lowest BCUT2D eigenvalue weighted by molar-refractivity contribution is 0.0527. The van der Waals surface area contributed by atoms with Crippen molar-refractivity contribution in [3.8, 4) is 0 Å². The third-order valence-corrected chi connectivity index (χ3v) is 5.72. The summed E-state index contributed by atoms with van der Waals surface area (Å²) in [6.45, 7) is 5.49. The molecule has 1 aromatic carbocycles. The van der Waals surface area contributed by atoms with E-state index >= 15 is 0 Å². The van der Waals surface area contributed by atoms with Gasteiger partial charge in [0, 0.05) is 0 Å². The Labute approximate surface area is 182 Å². The number of carbonyl (C=O) groups is 2. The molecule has 0 radical (unpaired) electrons. The fourth-order valence-electron chi connectivity index (χ4n) is 2.30. The lowest BCUT2D eigenvalue weighted by Gasteiger charge is -2.12. The Hall–Kier alpha value is -1.87. The van der Waals surface area contributed by atoms with E-state index < -0.39 is 11.9 Å².